The Labute approximate surface area is 218 Å². The van der Waals surface area contributed by atoms with Crippen LogP contribution < -0.4 is 4.90 Å². The highest BCUT2D eigenvalue weighted by Gasteiger charge is 2.36. The first kappa shape index (κ1) is 24.3. The summed E-state index contributed by atoms with van der Waals surface area (Å²) in [6.07, 6.45) is 6.66. The topological polar surface area (TPSA) is 48.8 Å². The van der Waals surface area contributed by atoms with Crippen molar-refractivity contribution in [1.29, 1.82) is 0 Å². The van der Waals surface area contributed by atoms with Crippen LogP contribution in [-0.4, -0.2) is 33.0 Å². The number of pyridine rings is 1. The zero-order valence-corrected chi connectivity index (χ0v) is 22.1. The molecule has 1 fully saturated rings. The Morgan fingerprint density at radius 3 is 2.67 bits per heavy atom. The lowest BCUT2D eigenvalue weighted by Gasteiger charge is -2.47. The predicted molar refractivity (Wildman–Crippen MR) is 150 cm³/mol. The van der Waals surface area contributed by atoms with E-state index in [1.165, 1.54) is 23.0 Å². The molecule has 1 amide bonds. The molecule has 1 unspecified atom stereocenters. The number of para-hydroxylation sites is 1. The standard InChI is InChI=1S/C30H32N4OS/c1-5-34-26-14-13-22(16-25(26)21(2)18-30(34,3)4)17-27-28(35)33(20-23-10-9-15-31-19-23)29(36-27)32-24-11-7-6-8-12-24/h6-17,19,21H,5,18,20H2,1-4H3/b27-17+,32-29?. The predicted octanol–water partition coefficient (Wildman–Crippen LogP) is 7.00. The van der Waals surface area contributed by atoms with Crippen molar-refractivity contribution >= 4 is 40.3 Å². The van der Waals surface area contributed by atoms with E-state index in [0.717, 1.165) is 29.8 Å². The number of anilines is 1. The number of hydrogen-bond donors (Lipinski definition) is 0. The number of thioether (sulfide) groups is 1. The monoisotopic (exact) mass is 496 g/mol. The van der Waals surface area contributed by atoms with Crippen molar-refractivity contribution in [2.24, 2.45) is 4.99 Å². The summed E-state index contributed by atoms with van der Waals surface area (Å²) < 4.78 is 0. The molecule has 1 saturated heterocycles. The van der Waals surface area contributed by atoms with Gasteiger partial charge in [-0.25, -0.2) is 4.99 Å². The molecule has 0 saturated carbocycles. The van der Waals surface area contributed by atoms with Crippen molar-refractivity contribution < 1.29 is 4.79 Å². The molecule has 1 aromatic heterocycles. The lowest BCUT2D eigenvalue weighted by molar-refractivity contribution is -0.122. The molecule has 3 heterocycles. The fourth-order valence-electron chi connectivity index (χ4n) is 5.37. The Bertz CT molecular complexity index is 1320. The summed E-state index contributed by atoms with van der Waals surface area (Å²) in [7, 11) is 0. The molecule has 3 aromatic rings. The normalized spacial score (nSPS) is 21.3. The summed E-state index contributed by atoms with van der Waals surface area (Å²) in [6, 6.07) is 20.3. The van der Waals surface area contributed by atoms with Crippen LogP contribution in [0.4, 0.5) is 11.4 Å². The maximum atomic E-state index is 13.6. The maximum Gasteiger partial charge on any atom is 0.267 e. The van der Waals surface area contributed by atoms with E-state index >= 15 is 0 Å². The minimum absolute atomic E-state index is 0.0272. The smallest absolute Gasteiger partial charge is 0.267 e. The van der Waals surface area contributed by atoms with Crippen LogP contribution in [0.1, 0.15) is 56.7 Å². The SMILES string of the molecule is CCN1c2ccc(/C=C3/SC(=Nc4ccccc4)N(Cc4cccnc4)C3=O)cc2C(C)CC1(C)C. The van der Waals surface area contributed by atoms with Crippen molar-refractivity contribution in [3.8, 4) is 0 Å². The van der Waals surface area contributed by atoms with Crippen LogP contribution in [0, 0.1) is 0 Å². The van der Waals surface area contributed by atoms with Gasteiger partial charge in [0.05, 0.1) is 17.1 Å². The van der Waals surface area contributed by atoms with Crippen LogP contribution in [0.2, 0.25) is 0 Å². The molecule has 0 radical (unpaired) electrons. The molecule has 5 rings (SSSR count). The molecular weight excluding hydrogens is 464 g/mol. The van der Waals surface area contributed by atoms with Crippen molar-refractivity contribution in [3.63, 3.8) is 0 Å². The van der Waals surface area contributed by atoms with Gasteiger partial charge in [0.15, 0.2) is 5.17 Å². The van der Waals surface area contributed by atoms with E-state index < -0.39 is 0 Å². The molecule has 36 heavy (non-hydrogen) atoms. The first-order valence-electron chi connectivity index (χ1n) is 12.5. The first-order valence-corrected chi connectivity index (χ1v) is 13.3. The second-order valence-electron chi connectivity index (χ2n) is 10.1. The van der Waals surface area contributed by atoms with E-state index in [0.29, 0.717) is 22.5 Å². The van der Waals surface area contributed by atoms with Gasteiger partial charge in [0.25, 0.3) is 5.91 Å². The number of hydrogen-bond acceptors (Lipinski definition) is 5. The van der Waals surface area contributed by atoms with Crippen LogP contribution >= 0.6 is 11.8 Å². The molecule has 6 heteroatoms. The third kappa shape index (κ3) is 4.82. The van der Waals surface area contributed by atoms with Gasteiger partial charge in [-0.1, -0.05) is 37.3 Å². The Hall–Kier alpha value is -3.38. The number of carbonyl (C=O) groups is 1. The highest BCUT2D eigenvalue weighted by molar-refractivity contribution is 8.18. The molecule has 2 aromatic carbocycles. The molecular formula is C30H32N4OS. The first-order chi connectivity index (χ1) is 17.4. The van der Waals surface area contributed by atoms with Gasteiger partial charge >= 0.3 is 0 Å². The lowest BCUT2D eigenvalue weighted by Crippen LogP contribution is -2.48. The van der Waals surface area contributed by atoms with Gasteiger partial charge in [-0.15, -0.1) is 0 Å². The number of carbonyl (C=O) groups excluding carboxylic acids is 1. The van der Waals surface area contributed by atoms with Gasteiger partial charge in [0.2, 0.25) is 0 Å². The van der Waals surface area contributed by atoms with Gasteiger partial charge in [-0.05, 0) is 98.0 Å². The number of amidine groups is 1. The van der Waals surface area contributed by atoms with Crippen molar-refractivity contribution in [2.45, 2.75) is 52.1 Å². The largest absolute Gasteiger partial charge is 0.366 e. The van der Waals surface area contributed by atoms with Crippen LogP contribution in [-0.2, 0) is 11.3 Å². The fraction of sp³-hybridized carbons (Fsp3) is 0.300. The van der Waals surface area contributed by atoms with Gasteiger partial charge in [-0.2, -0.15) is 0 Å². The third-order valence-electron chi connectivity index (χ3n) is 6.96. The summed E-state index contributed by atoms with van der Waals surface area (Å²) in [6.45, 7) is 10.6. The molecule has 0 aliphatic carbocycles. The number of benzene rings is 2. The minimum atomic E-state index is -0.0272. The summed E-state index contributed by atoms with van der Waals surface area (Å²) >= 11 is 1.44. The van der Waals surface area contributed by atoms with Crippen LogP contribution in [0.15, 0.2) is 83.0 Å². The molecule has 0 spiro atoms. The second kappa shape index (κ2) is 9.94. The quantitative estimate of drug-likeness (QED) is 0.357. The average Bonchev–Trinajstić information content (AvgIpc) is 3.14. The van der Waals surface area contributed by atoms with Crippen LogP contribution in [0.5, 0.6) is 0 Å². The molecule has 0 N–H and O–H groups in total. The van der Waals surface area contributed by atoms with Crippen molar-refractivity contribution in [3.05, 3.63) is 94.7 Å². The lowest BCUT2D eigenvalue weighted by atomic mass is 9.79. The Balaban J connectivity index is 1.50. The van der Waals surface area contributed by atoms with E-state index in [4.69, 9.17) is 4.99 Å². The van der Waals surface area contributed by atoms with Crippen molar-refractivity contribution in [1.82, 2.24) is 9.88 Å². The number of aromatic nitrogens is 1. The third-order valence-corrected chi connectivity index (χ3v) is 7.96. The summed E-state index contributed by atoms with van der Waals surface area (Å²) in [5.41, 5.74) is 5.64. The molecule has 0 bridgehead atoms. The number of nitrogens with zero attached hydrogens (tertiary/aromatic N) is 4. The molecule has 5 nitrogen and oxygen atoms in total. The van der Waals surface area contributed by atoms with E-state index in [1.54, 1.807) is 17.3 Å². The summed E-state index contributed by atoms with van der Waals surface area (Å²) in [4.78, 5) is 27.5. The highest BCUT2D eigenvalue weighted by Crippen LogP contribution is 2.44. The van der Waals surface area contributed by atoms with Crippen LogP contribution in [0.25, 0.3) is 6.08 Å². The molecule has 2 aliphatic heterocycles. The van der Waals surface area contributed by atoms with E-state index in [1.807, 2.05) is 48.5 Å². The Kier molecular flexibility index (Phi) is 6.71. The zero-order chi connectivity index (χ0) is 25.3. The highest BCUT2D eigenvalue weighted by atomic mass is 32.2. The number of fused-ring (bicyclic) bond motifs is 1. The van der Waals surface area contributed by atoms with E-state index in [-0.39, 0.29) is 11.4 Å². The molecule has 184 valence electrons. The zero-order valence-electron chi connectivity index (χ0n) is 21.3. The van der Waals surface area contributed by atoms with Crippen molar-refractivity contribution in [2.75, 3.05) is 11.4 Å². The molecule has 2 aliphatic rings. The van der Waals surface area contributed by atoms with Gasteiger partial charge in [-0.3, -0.25) is 14.7 Å². The fourth-order valence-corrected chi connectivity index (χ4v) is 6.36. The maximum absolute atomic E-state index is 13.6. The van der Waals surface area contributed by atoms with Gasteiger partial charge < -0.3 is 4.90 Å². The van der Waals surface area contributed by atoms with Crippen LogP contribution in [0.3, 0.4) is 0 Å². The Morgan fingerprint density at radius 2 is 1.94 bits per heavy atom. The Morgan fingerprint density at radius 1 is 1.14 bits per heavy atom. The molecule has 1 atom stereocenters. The van der Waals surface area contributed by atoms with E-state index in [9.17, 15) is 4.79 Å². The van der Waals surface area contributed by atoms with Gasteiger partial charge in [0.1, 0.15) is 0 Å². The minimum Gasteiger partial charge on any atom is -0.366 e. The number of amides is 1. The van der Waals surface area contributed by atoms with Gasteiger partial charge in [0, 0.05) is 30.2 Å². The van der Waals surface area contributed by atoms with E-state index in [2.05, 4.69) is 55.8 Å². The average molecular weight is 497 g/mol. The summed E-state index contributed by atoms with van der Waals surface area (Å²) in [5, 5.41) is 0.687. The number of rotatable bonds is 5. The summed E-state index contributed by atoms with van der Waals surface area (Å²) in [5.74, 6) is 0.431. The second-order valence-corrected chi connectivity index (χ2v) is 11.1. The number of aliphatic imine (C=N–C) groups is 1.